The minimum atomic E-state index is -4.38. The number of amides is 1. The van der Waals surface area contributed by atoms with Crippen LogP contribution in [0.1, 0.15) is 18.4 Å². The van der Waals surface area contributed by atoms with E-state index in [2.05, 4.69) is 15.0 Å². The van der Waals surface area contributed by atoms with Gasteiger partial charge in [0.1, 0.15) is 0 Å². The molecule has 0 atom stereocenters. The summed E-state index contributed by atoms with van der Waals surface area (Å²) in [5.74, 6) is 0.610. The molecule has 0 N–H and O–H groups in total. The Kier molecular flexibility index (Phi) is 5.64. The van der Waals surface area contributed by atoms with Gasteiger partial charge in [0.2, 0.25) is 11.7 Å². The van der Waals surface area contributed by atoms with E-state index in [1.807, 2.05) is 0 Å². The lowest BCUT2D eigenvalue weighted by Crippen LogP contribution is -2.48. The number of hydrogen-bond acceptors (Lipinski definition) is 6. The highest BCUT2D eigenvalue weighted by Gasteiger charge is 2.30. The van der Waals surface area contributed by atoms with Crippen molar-refractivity contribution in [1.82, 2.24) is 19.9 Å². The van der Waals surface area contributed by atoms with E-state index in [1.165, 1.54) is 12.1 Å². The molecule has 1 aromatic heterocycles. The van der Waals surface area contributed by atoms with Gasteiger partial charge in [-0.2, -0.15) is 18.2 Å². The van der Waals surface area contributed by atoms with Gasteiger partial charge in [-0.25, -0.2) is 4.79 Å². The van der Waals surface area contributed by atoms with Crippen LogP contribution in [0, 0.1) is 0 Å². The number of aromatic nitrogens is 2. The normalized spacial score (nSPS) is 15.8. The third-order valence-electron chi connectivity index (χ3n) is 4.20. The van der Waals surface area contributed by atoms with Crippen LogP contribution in [0.4, 0.5) is 18.0 Å². The Morgan fingerprint density at radius 2 is 1.85 bits per heavy atom. The van der Waals surface area contributed by atoms with Crippen molar-refractivity contribution in [2.75, 3.05) is 32.8 Å². The predicted octanol–water partition coefficient (Wildman–Crippen LogP) is 3.03. The SMILES string of the molecule is CCOC(=O)N1CCN(Cc2nc(-c3ccc(C(F)(F)F)cc3)no2)CC1. The second kappa shape index (κ2) is 7.95. The number of benzene rings is 1. The number of carbonyl (C=O) groups is 1. The molecule has 0 aliphatic carbocycles. The van der Waals surface area contributed by atoms with Crippen LogP contribution in [-0.2, 0) is 17.5 Å². The molecule has 1 aliphatic heterocycles. The molecule has 10 heteroatoms. The van der Waals surface area contributed by atoms with Crippen molar-refractivity contribution >= 4 is 6.09 Å². The van der Waals surface area contributed by atoms with Crippen LogP contribution >= 0.6 is 0 Å². The zero-order chi connectivity index (χ0) is 19.4. The van der Waals surface area contributed by atoms with Gasteiger partial charge in [-0.15, -0.1) is 0 Å². The van der Waals surface area contributed by atoms with E-state index in [0.717, 1.165) is 12.1 Å². The summed E-state index contributed by atoms with van der Waals surface area (Å²) in [4.78, 5) is 19.6. The van der Waals surface area contributed by atoms with E-state index in [9.17, 15) is 18.0 Å². The van der Waals surface area contributed by atoms with Crippen molar-refractivity contribution in [3.05, 3.63) is 35.7 Å². The number of alkyl halides is 3. The lowest BCUT2D eigenvalue weighted by Gasteiger charge is -2.33. The lowest BCUT2D eigenvalue weighted by atomic mass is 10.1. The summed E-state index contributed by atoms with van der Waals surface area (Å²) < 4.78 is 48.0. The lowest BCUT2D eigenvalue weighted by molar-refractivity contribution is -0.137. The van der Waals surface area contributed by atoms with Gasteiger partial charge in [-0.05, 0) is 19.1 Å². The molecule has 1 aliphatic rings. The summed E-state index contributed by atoms with van der Waals surface area (Å²) in [6.45, 7) is 4.86. The van der Waals surface area contributed by atoms with Crippen LogP contribution in [0.3, 0.4) is 0 Å². The van der Waals surface area contributed by atoms with Crippen molar-refractivity contribution in [2.24, 2.45) is 0 Å². The maximum atomic E-state index is 12.6. The van der Waals surface area contributed by atoms with Crippen LogP contribution < -0.4 is 0 Å². The molecule has 1 fully saturated rings. The molecule has 27 heavy (non-hydrogen) atoms. The molecule has 2 heterocycles. The standard InChI is InChI=1S/C17H19F3N4O3/c1-2-26-16(25)24-9-7-23(8-10-24)11-14-21-15(22-27-14)12-3-5-13(6-4-12)17(18,19)20/h3-6H,2,7-11H2,1H3. The van der Waals surface area contributed by atoms with Crippen LogP contribution in [0.25, 0.3) is 11.4 Å². The minimum Gasteiger partial charge on any atom is -0.450 e. The van der Waals surface area contributed by atoms with Gasteiger partial charge in [0, 0.05) is 31.7 Å². The van der Waals surface area contributed by atoms with Gasteiger partial charge in [0.05, 0.1) is 18.7 Å². The fourth-order valence-electron chi connectivity index (χ4n) is 2.74. The first-order chi connectivity index (χ1) is 12.9. The Morgan fingerprint density at radius 1 is 1.19 bits per heavy atom. The second-order valence-electron chi connectivity index (χ2n) is 6.05. The first-order valence-corrected chi connectivity index (χ1v) is 8.51. The summed E-state index contributed by atoms with van der Waals surface area (Å²) >= 11 is 0. The summed E-state index contributed by atoms with van der Waals surface area (Å²) in [5.41, 5.74) is -0.278. The van der Waals surface area contributed by atoms with E-state index in [1.54, 1.807) is 11.8 Å². The molecule has 3 rings (SSSR count). The Balaban J connectivity index is 1.57. The number of carbonyl (C=O) groups excluding carboxylic acids is 1. The maximum absolute atomic E-state index is 12.6. The topological polar surface area (TPSA) is 71.7 Å². The fraction of sp³-hybridized carbons (Fsp3) is 0.471. The van der Waals surface area contributed by atoms with Gasteiger partial charge in [-0.1, -0.05) is 17.3 Å². The Labute approximate surface area is 153 Å². The highest BCUT2D eigenvalue weighted by atomic mass is 19.4. The molecule has 1 aromatic carbocycles. The van der Waals surface area contributed by atoms with Crippen molar-refractivity contribution in [3.63, 3.8) is 0 Å². The van der Waals surface area contributed by atoms with Crippen LogP contribution in [0.2, 0.25) is 0 Å². The van der Waals surface area contributed by atoms with Crippen molar-refractivity contribution in [3.8, 4) is 11.4 Å². The monoisotopic (exact) mass is 384 g/mol. The minimum absolute atomic E-state index is 0.240. The van der Waals surface area contributed by atoms with E-state index < -0.39 is 11.7 Å². The molecule has 0 saturated carbocycles. The summed E-state index contributed by atoms with van der Waals surface area (Å²) in [5, 5.41) is 3.83. The van der Waals surface area contributed by atoms with Crippen molar-refractivity contribution in [1.29, 1.82) is 0 Å². The highest BCUT2D eigenvalue weighted by Crippen LogP contribution is 2.30. The van der Waals surface area contributed by atoms with E-state index in [0.29, 0.717) is 50.8 Å². The second-order valence-corrected chi connectivity index (χ2v) is 6.05. The quantitative estimate of drug-likeness (QED) is 0.807. The average Bonchev–Trinajstić information content (AvgIpc) is 3.10. The number of hydrogen-bond donors (Lipinski definition) is 0. The molecule has 1 saturated heterocycles. The van der Waals surface area contributed by atoms with Crippen LogP contribution in [0.5, 0.6) is 0 Å². The summed E-state index contributed by atoms with van der Waals surface area (Å²) in [7, 11) is 0. The predicted molar refractivity (Wildman–Crippen MR) is 88.6 cm³/mol. The van der Waals surface area contributed by atoms with E-state index in [4.69, 9.17) is 9.26 Å². The third-order valence-corrected chi connectivity index (χ3v) is 4.20. The van der Waals surface area contributed by atoms with Crippen LogP contribution in [-0.4, -0.2) is 58.8 Å². The number of nitrogens with zero attached hydrogens (tertiary/aromatic N) is 4. The van der Waals surface area contributed by atoms with Gasteiger partial charge < -0.3 is 14.2 Å². The molecule has 0 radical (unpaired) electrons. The first-order valence-electron chi connectivity index (χ1n) is 8.51. The Morgan fingerprint density at radius 3 is 2.44 bits per heavy atom. The first kappa shape index (κ1) is 19.2. The molecular formula is C17H19F3N4O3. The van der Waals surface area contributed by atoms with Gasteiger partial charge in [0.25, 0.3) is 0 Å². The summed E-state index contributed by atoms with van der Waals surface area (Å²) in [6.07, 6.45) is -4.70. The summed E-state index contributed by atoms with van der Waals surface area (Å²) in [6, 6.07) is 4.60. The van der Waals surface area contributed by atoms with E-state index >= 15 is 0 Å². The number of piperazine rings is 1. The maximum Gasteiger partial charge on any atom is 0.416 e. The Hall–Kier alpha value is -2.62. The molecule has 146 valence electrons. The Bertz CT molecular complexity index is 768. The smallest absolute Gasteiger partial charge is 0.416 e. The molecule has 0 bridgehead atoms. The van der Waals surface area contributed by atoms with Crippen LogP contribution in [0.15, 0.2) is 28.8 Å². The largest absolute Gasteiger partial charge is 0.450 e. The number of halogens is 3. The van der Waals surface area contributed by atoms with E-state index in [-0.39, 0.29) is 11.9 Å². The van der Waals surface area contributed by atoms with Gasteiger partial charge in [0.15, 0.2) is 0 Å². The molecule has 0 spiro atoms. The molecule has 7 nitrogen and oxygen atoms in total. The highest BCUT2D eigenvalue weighted by molar-refractivity contribution is 5.67. The van der Waals surface area contributed by atoms with Gasteiger partial charge >= 0.3 is 12.3 Å². The molecule has 0 unspecified atom stereocenters. The fourth-order valence-corrected chi connectivity index (χ4v) is 2.74. The third kappa shape index (κ3) is 4.76. The zero-order valence-electron chi connectivity index (χ0n) is 14.7. The average molecular weight is 384 g/mol. The molecular weight excluding hydrogens is 365 g/mol. The number of rotatable bonds is 4. The zero-order valence-corrected chi connectivity index (χ0v) is 14.7. The van der Waals surface area contributed by atoms with Crippen molar-refractivity contribution in [2.45, 2.75) is 19.6 Å². The molecule has 2 aromatic rings. The molecule has 1 amide bonds. The van der Waals surface area contributed by atoms with Gasteiger partial charge in [-0.3, -0.25) is 4.90 Å². The number of ether oxygens (including phenoxy) is 1. The van der Waals surface area contributed by atoms with Crippen molar-refractivity contribution < 1.29 is 27.2 Å².